The number of aromatic hydroxyl groups is 1. The van der Waals surface area contributed by atoms with Crippen LogP contribution in [0.2, 0.25) is 0 Å². The predicted molar refractivity (Wildman–Crippen MR) is 83.5 cm³/mol. The summed E-state index contributed by atoms with van der Waals surface area (Å²) in [5.74, 6) is -0.614. The van der Waals surface area contributed by atoms with E-state index in [1.807, 2.05) is 0 Å². The molecule has 0 bridgehead atoms. The number of aromatic nitrogens is 1. The first-order chi connectivity index (χ1) is 11.0. The van der Waals surface area contributed by atoms with Crippen LogP contribution in [0.4, 0.5) is 0 Å². The summed E-state index contributed by atoms with van der Waals surface area (Å²) in [6.07, 6.45) is 1.39. The van der Waals surface area contributed by atoms with Crippen LogP contribution < -0.4 is 5.56 Å². The number of rotatable bonds is 5. The lowest BCUT2D eigenvalue weighted by Gasteiger charge is -2.16. The van der Waals surface area contributed by atoms with E-state index in [-0.39, 0.29) is 35.1 Å². The third kappa shape index (κ3) is 3.30. The van der Waals surface area contributed by atoms with Crippen molar-refractivity contribution in [2.45, 2.75) is 13.0 Å². The first kappa shape index (κ1) is 16.5. The number of nitriles is 1. The zero-order valence-corrected chi connectivity index (χ0v) is 12.8. The van der Waals surface area contributed by atoms with Crippen LogP contribution in [0.3, 0.4) is 0 Å². The molecule has 0 aliphatic rings. The molecule has 0 unspecified atom stereocenters. The summed E-state index contributed by atoms with van der Waals surface area (Å²) in [7, 11) is 1.50. The smallest absolute Gasteiger partial charge is 0.268 e. The highest BCUT2D eigenvalue weighted by Gasteiger charge is 2.18. The number of hydrogen-bond acceptors (Lipinski definition) is 5. The summed E-state index contributed by atoms with van der Waals surface area (Å²) in [5, 5.41) is 18.9. The Morgan fingerprint density at radius 1 is 1.43 bits per heavy atom. The molecule has 0 saturated carbocycles. The fraction of sp³-hybridized carbons (Fsp3) is 0.235. The van der Waals surface area contributed by atoms with Gasteiger partial charge in [-0.25, -0.2) is 0 Å². The molecule has 1 aromatic carbocycles. The lowest BCUT2D eigenvalue weighted by Crippen LogP contribution is -2.28. The molecule has 0 saturated heterocycles. The number of carbonyl (C=O) groups excluding carboxylic acids is 1. The SMILES string of the molecule is COC[C@@H](C)n1cc(C(=O)c2ccccc2O)cc(C#N)c1=O. The molecular formula is C17H16N2O4. The highest BCUT2D eigenvalue weighted by molar-refractivity contribution is 6.10. The van der Waals surface area contributed by atoms with Gasteiger partial charge in [0.15, 0.2) is 5.78 Å². The lowest BCUT2D eigenvalue weighted by molar-refractivity contribution is 0.103. The minimum absolute atomic E-state index is 0.112. The summed E-state index contributed by atoms with van der Waals surface area (Å²) in [6.45, 7) is 2.01. The van der Waals surface area contributed by atoms with E-state index in [0.717, 1.165) is 0 Å². The Balaban J connectivity index is 2.58. The van der Waals surface area contributed by atoms with Crippen molar-refractivity contribution in [2.24, 2.45) is 0 Å². The number of methoxy groups -OCH3 is 1. The van der Waals surface area contributed by atoms with Crippen molar-refractivity contribution < 1.29 is 14.6 Å². The minimum atomic E-state index is -0.481. The molecule has 2 aromatic rings. The summed E-state index contributed by atoms with van der Waals surface area (Å²) in [6, 6.07) is 8.83. The fourth-order valence-electron chi connectivity index (χ4n) is 2.28. The van der Waals surface area contributed by atoms with Crippen molar-refractivity contribution in [3.05, 3.63) is 63.6 Å². The van der Waals surface area contributed by atoms with E-state index in [0.29, 0.717) is 0 Å². The number of carbonyl (C=O) groups is 1. The van der Waals surface area contributed by atoms with Gasteiger partial charge in [0.2, 0.25) is 0 Å². The second-order valence-electron chi connectivity index (χ2n) is 5.12. The van der Waals surface area contributed by atoms with Crippen LogP contribution in [0, 0.1) is 11.3 Å². The highest BCUT2D eigenvalue weighted by Crippen LogP contribution is 2.20. The van der Waals surface area contributed by atoms with Crippen LogP contribution in [0.1, 0.15) is 34.5 Å². The Morgan fingerprint density at radius 2 is 2.13 bits per heavy atom. The Hall–Kier alpha value is -2.91. The topological polar surface area (TPSA) is 92.3 Å². The molecule has 0 radical (unpaired) electrons. The van der Waals surface area contributed by atoms with E-state index in [1.165, 1.54) is 36.1 Å². The van der Waals surface area contributed by atoms with E-state index in [1.54, 1.807) is 25.1 Å². The predicted octanol–water partition coefficient (Wildman–Crippen LogP) is 1.86. The molecule has 1 N–H and O–H groups in total. The normalized spacial score (nSPS) is 11.7. The summed E-state index contributed by atoms with van der Waals surface area (Å²) < 4.78 is 6.32. The van der Waals surface area contributed by atoms with Gasteiger partial charge < -0.3 is 14.4 Å². The summed E-state index contributed by atoms with van der Waals surface area (Å²) in [4.78, 5) is 24.8. The molecule has 0 aliphatic carbocycles. The first-order valence-corrected chi connectivity index (χ1v) is 6.97. The average molecular weight is 312 g/mol. The van der Waals surface area contributed by atoms with Gasteiger partial charge in [0.05, 0.1) is 18.2 Å². The molecule has 0 fully saturated rings. The van der Waals surface area contributed by atoms with Gasteiger partial charge in [-0.1, -0.05) is 12.1 Å². The van der Waals surface area contributed by atoms with Crippen LogP contribution >= 0.6 is 0 Å². The molecule has 2 rings (SSSR count). The van der Waals surface area contributed by atoms with Gasteiger partial charge >= 0.3 is 0 Å². The van der Waals surface area contributed by atoms with Crippen LogP contribution in [0.15, 0.2) is 41.3 Å². The zero-order valence-electron chi connectivity index (χ0n) is 12.8. The van der Waals surface area contributed by atoms with Gasteiger partial charge in [-0.2, -0.15) is 5.26 Å². The van der Waals surface area contributed by atoms with E-state index in [2.05, 4.69) is 0 Å². The number of pyridine rings is 1. The molecule has 23 heavy (non-hydrogen) atoms. The number of phenols is 1. The number of nitrogens with zero attached hydrogens (tertiary/aromatic N) is 2. The van der Waals surface area contributed by atoms with Crippen molar-refractivity contribution in [3.63, 3.8) is 0 Å². The molecule has 0 amide bonds. The van der Waals surface area contributed by atoms with Crippen molar-refractivity contribution in [1.29, 1.82) is 5.26 Å². The average Bonchev–Trinajstić information content (AvgIpc) is 2.55. The maximum Gasteiger partial charge on any atom is 0.268 e. The molecule has 1 atom stereocenters. The van der Waals surface area contributed by atoms with Gasteiger partial charge in [-0.05, 0) is 25.1 Å². The monoisotopic (exact) mass is 312 g/mol. The van der Waals surface area contributed by atoms with Crippen LogP contribution in [0.5, 0.6) is 5.75 Å². The number of ketones is 1. The molecule has 118 valence electrons. The number of ether oxygens (including phenoxy) is 1. The Kier molecular flexibility index (Phi) is 4.94. The minimum Gasteiger partial charge on any atom is -0.507 e. The van der Waals surface area contributed by atoms with Crippen LogP contribution in [-0.2, 0) is 4.74 Å². The van der Waals surface area contributed by atoms with Gasteiger partial charge in [-0.15, -0.1) is 0 Å². The Labute approximate surface area is 133 Å². The molecule has 0 spiro atoms. The quantitative estimate of drug-likeness (QED) is 0.851. The Bertz CT molecular complexity index is 833. The maximum absolute atomic E-state index is 12.6. The number of para-hydroxylation sites is 1. The number of phenolic OH excluding ortho intramolecular Hbond substituents is 1. The van der Waals surface area contributed by atoms with Gasteiger partial charge in [-0.3, -0.25) is 9.59 Å². The zero-order chi connectivity index (χ0) is 17.0. The van der Waals surface area contributed by atoms with Crippen LogP contribution in [-0.4, -0.2) is 29.2 Å². The highest BCUT2D eigenvalue weighted by atomic mass is 16.5. The van der Waals surface area contributed by atoms with Gasteiger partial charge in [0.1, 0.15) is 17.4 Å². The van der Waals surface area contributed by atoms with Crippen LogP contribution in [0.25, 0.3) is 0 Å². The first-order valence-electron chi connectivity index (χ1n) is 6.97. The molecule has 6 nitrogen and oxygen atoms in total. The van der Waals surface area contributed by atoms with Crippen molar-refractivity contribution in [2.75, 3.05) is 13.7 Å². The standard InChI is InChI=1S/C17H16N2O4/c1-11(10-23-2)19-9-13(7-12(8-18)17(19)22)16(21)14-5-3-4-6-15(14)20/h3-7,9,11,20H,10H2,1-2H3/t11-/m1/s1. The number of benzene rings is 1. The number of hydrogen-bond donors (Lipinski definition) is 1. The fourth-order valence-corrected chi connectivity index (χ4v) is 2.28. The van der Waals surface area contributed by atoms with Crippen molar-refractivity contribution in [1.82, 2.24) is 4.57 Å². The third-order valence-electron chi connectivity index (χ3n) is 3.46. The summed E-state index contributed by atoms with van der Waals surface area (Å²) >= 11 is 0. The van der Waals surface area contributed by atoms with E-state index in [9.17, 15) is 14.7 Å². The molecular weight excluding hydrogens is 296 g/mol. The second-order valence-corrected chi connectivity index (χ2v) is 5.12. The summed E-state index contributed by atoms with van der Waals surface area (Å²) in [5.41, 5.74) is -0.341. The van der Waals surface area contributed by atoms with E-state index >= 15 is 0 Å². The van der Waals surface area contributed by atoms with Crippen molar-refractivity contribution >= 4 is 5.78 Å². The van der Waals surface area contributed by atoms with Gasteiger partial charge in [0.25, 0.3) is 5.56 Å². The third-order valence-corrected chi connectivity index (χ3v) is 3.46. The maximum atomic E-state index is 12.6. The molecule has 1 aromatic heterocycles. The molecule has 1 heterocycles. The Morgan fingerprint density at radius 3 is 2.74 bits per heavy atom. The molecule has 6 heteroatoms. The van der Waals surface area contributed by atoms with Gasteiger partial charge in [0, 0.05) is 18.9 Å². The van der Waals surface area contributed by atoms with E-state index in [4.69, 9.17) is 10.00 Å². The molecule has 0 aliphatic heterocycles. The lowest BCUT2D eigenvalue weighted by atomic mass is 10.0. The van der Waals surface area contributed by atoms with E-state index < -0.39 is 11.3 Å². The second kappa shape index (κ2) is 6.90. The largest absolute Gasteiger partial charge is 0.507 e. The van der Waals surface area contributed by atoms with Crippen molar-refractivity contribution in [3.8, 4) is 11.8 Å².